The minimum atomic E-state index is 0.278. The Morgan fingerprint density at radius 3 is 3.05 bits per heavy atom. The van der Waals surface area contributed by atoms with Gasteiger partial charge >= 0.3 is 0 Å². The lowest BCUT2D eigenvalue weighted by Gasteiger charge is -2.20. The molecule has 0 saturated carbocycles. The van der Waals surface area contributed by atoms with Crippen LogP contribution in [-0.2, 0) is 6.54 Å². The highest BCUT2D eigenvalue weighted by Crippen LogP contribution is 2.40. The highest BCUT2D eigenvalue weighted by molar-refractivity contribution is 6.32. The van der Waals surface area contributed by atoms with E-state index in [0.717, 1.165) is 18.2 Å². The Morgan fingerprint density at radius 2 is 2.16 bits per heavy atom. The Balaban J connectivity index is 1.71. The quantitative estimate of drug-likeness (QED) is 0.825. The molecule has 1 unspecified atom stereocenters. The molecule has 2 aliphatic rings. The van der Waals surface area contributed by atoms with Crippen molar-refractivity contribution in [3.05, 3.63) is 22.7 Å². The Bertz CT molecular complexity index is 464. The van der Waals surface area contributed by atoms with E-state index in [4.69, 9.17) is 21.1 Å². The number of likely N-dealkylation sites (tertiary alicyclic amines) is 1. The first-order chi connectivity index (χ1) is 9.22. The number of hydrogen-bond acceptors (Lipinski definition) is 3. The van der Waals surface area contributed by atoms with Crippen molar-refractivity contribution in [2.45, 2.75) is 32.7 Å². The molecule has 2 heterocycles. The summed E-state index contributed by atoms with van der Waals surface area (Å²) in [6.07, 6.45) is 3.93. The van der Waals surface area contributed by atoms with Crippen molar-refractivity contribution in [3.8, 4) is 11.5 Å². The van der Waals surface area contributed by atoms with E-state index in [-0.39, 0.29) is 6.79 Å². The first-order valence-corrected chi connectivity index (χ1v) is 7.40. The van der Waals surface area contributed by atoms with Gasteiger partial charge in [0, 0.05) is 6.54 Å². The van der Waals surface area contributed by atoms with Gasteiger partial charge < -0.3 is 9.47 Å². The van der Waals surface area contributed by atoms with Crippen LogP contribution in [0.25, 0.3) is 0 Å². The van der Waals surface area contributed by atoms with Crippen molar-refractivity contribution >= 4 is 11.6 Å². The predicted octanol–water partition coefficient (Wildman–Crippen LogP) is 3.69. The van der Waals surface area contributed by atoms with Crippen LogP contribution in [-0.4, -0.2) is 24.8 Å². The number of fused-ring (bicyclic) bond motifs is 1. The average molecular weight is 282 g/mol. The highest BCUT2D eigenvalue weighted by Gasteiger charge is 2.20. The summed E-state index contributed by atoms with van der Waals surface area (Å²) in [5, 5.41) is 0.660. The molecule has 1 aromatic carbocycles. The fourth-order valence-corrected chi connectivity index (χ4v) is 3.14. The van der Waals surface area contributed by atoms with Crippen molar-refractivity contribution < 1.29 is 9.47 Å². The monoisotopic (exact) mass is 281 g/mol. The van der Waals surface area contributed by atoms with Gasteiger partial charge in [-0.1, -0.05) is 18.5 Å². The Morgan fingerprint density at radius 1 is 1.26 bits per heavy atom. The van der Waals surface area contributed by atoms with Crippen molar-refractivity contribution in [1.82, 2.24) is 4.90 Å². The van der Waals surface area contributed by atoms with E-state index in [9.17, 15) is 0 Å². The van der Waals surface area contributed by atoms with E-state index < -0.39 is 0 Å². The smallest absolute Gasteiger partial charge is 0.231 e. The minimum Gasteiger partial charge on any atom is -0.454 e. The number of ether oxygens (including phenoxy) is 2. The second kappa shape index (κ2) is 5.59. The zero-order valence-corrected chi connectivity index (χ0v) is 12.1. The Kier molecular flexibility index (Phi) is 3.85. The van der Waals surface area contributed by atoms with E-state index in [1.807, 2.05) is 6.07 Å². The van der Waals surface area contributed by atoms with Gasteiger partial charge in [-0.3, -0.25) is 4.90 Å². The van der Waals surface area contributed by atoms with Crippen LogP contribution in [0.1, 0.15) is 31.7 Å². The van der Waals surface area contributed by atoms with Crippen LogP contribution in [0.2, 0.25) is 5.02 Å². The van der Waals surface area contributed by atoms with Gasteiger partial charge in [0.05, 0.1) is 5.02 Å². The van der Waals surface area contributed by atoms with Gasteiger partial charge in [-0.05, 0) is 56.0 Å². The summed E-state index contributed by atoms with van der Waals surface area (Å²) >= 11 is 6.22. The van der Waals surface area contributed by atoms with Crippen LogP contribution >= 0.6 is 11.6 Å². The second-order valence-electron chi connectivity index (χ2n) is 5.62. The number of hydrogen-bond donors (Lipinski definition) is 0. The summed E-state index contributed by atoms with van der Waals surface area (Å²) in [7, 11) is 0. The van der Waals surface area contributed by atoms with E-state index in [1.165, 1.54) is 37.9 Å². The Hall–Kier alpha value is -0.930. The molecule has 1 fully saturated rings. The SMILES string of the molecule is CC1CCCN(Cc2cc(Cl)c3c(c2)OCO3)CC1. The van der Waals surface area contributed by atoms with Crippen molar-refractivity contribution in [2.75, 3.05) is 19.9 Å². The molecule has 1 aromatic rings. The number of nitrogens with zero attached hydrogens (tertiary/aromatic N) is 1. The van der Waals surface area contributed by atoms with Gasteiger partial charge in [-0.2, -0.15) is 0 Å². The van der Waals surface area contributed by atoms with Crippen LogP contribution in [0.5, 0.6) is 11.5 Å². The number of benzene rings is 1. The van der Waals surface area contributed by atoms with Crippen LogP contribution in [0, 0.1) is 5.92 Å². The summed E-state index contributed by atoms with van der Waals surface area (Å²) < 4.78 is 10.8. The fraction of sp³-hybridized carbons (Fsp3) is 0.600. The zero-order valence-electron chi connectivity index (χ0n) is 11.3. The fourth-order valence-electron chi connectivity index (χ4n) is 2.85. The minimum absolute atomic E-state index is 0.278. The van der Waals surface area contributed by atoms with Gasteiger partial charge in [0.15, 0.2) is 11.5 Å². The lowest BCUT2D eigenvalue weighted by molar-refractivity contribution is 0.174. The van der Waals surface area contributed by atoms with E-state index in [0.29, 0.717) is 10.8 Å². The molecule has 104 valence electrons. The summed E-state index contributed by atoms with van der Waals surface area (Å²) in [5.74, 6) is 2.32. The number of rotatable bonds is 2. The Labute approximate surface area is 119 Å². The maximum absolute atomic E-state index is 6.22. The normalized spacial score (nSPS) is 23.4. The first-order valence-electron chi connectivity index (χ1n) is 7.03. The third-order valence-electron chi connectivity index (χ3n) is 4.00. The van der Waals surface area contributed by atoms with Crippen LogP contribution in [0.4, 0.5) is 0 Å². The predicted molar refractivity (Wildman–Crippen MR) is 75.9 cm³/mol. The molecule has 19 heavy (non-hydrogen) atoms. The molecule has 0 radical (unpaired) electrons. The standard InChI is InChI=1S/C15H20ClNO2/c1-11-3-2-5-17(6-4-11)9-12-7-13(16)15-14(8-12)18-10-19-15/h7-8,11H,2-6,9-10H2,1H3. The molecule has 0 spiro atoms. The molecular weight excluding hydrogens is 262 g/mol. The van der Waals surface area contributed by atoms with Crippen molar-refractivity contribution in [3.63, 3.8) is 0 Å². The van der Waals surface area contributed by atoms with Crippen LogP contribution < -0.4 is 9.47 Å². The van der Waals surface area contributed by atoms with E-state index >= 15 is 0 Å². The lowest BCUT2D eigenvalue weighted by Crippen LogP contribution is -2.24. The molecule has 0 aliphatic carbocycles. The van der Waals surface area contributed by atoms with E-state index in [2.05, 4.69) is 17.9 Å². The molecule has 0 amide bonds. The first kappa shape index (κ1) is 13.1. The van der Waals surface area contributed by atoms with Gasteiger partial charge in [-0.25, -0.2) is 0 Å². The molecule has 3 nitrogen and oxygen atoms in total. The zero-order chi connectivity index (χ0) is 13.2. The molecule has 4 heteroatoms. The molecule has 3 rings (SSSR count). The molecular formula is C15H20ClNO2. The number of halogens is 1. The lowest BCUT2D eigenvalue weighted by atomic mass is 10.0. The summed E-state index contributed by atoms with van der Waals surface area (Å²) in [4.78, 5) is 2.51. The van der Waals surface area contributed by atoms with Crippen LogP contribution in [0.3, 0.4) is 0 Å². The molecule has 1 atom stereocenters. The summed E-state index contributed by atoms with van der Waals surface area (Å²) in [6, 6.07) is 4.06. The van der Waals surface area contributed by atoms with Crippen molar-refractivity contribution in [1.29, 1.82) is 0 Å². The third-order valence-corrected chi connectivity index (χ3v) is 4.28. The third kappa shape index (κ3) is 2.98. The second-order valence-corrected chi connectivity index (χ2v) is 6.03. The molecule has 0 N–H and O–H groups in total. The average Bonchev–Trinajstić information content (AvgIpc) is 2.75. The summed E-state index contributed by atoms with van der Waals surface area (Å²) in [5.41, 5.74) is 1.21. The van der Waals surface area contributed by atoms with E-state index in [1.54, 1.807) is 0 Å². The van der Waals surface area contributed by atoms with Crippen LogP contribution in [0.15, 0.2) is 12.1 Å². The van der Waals surface area contributed by atoms with Crippen molar-refractivity contribution in [2.24, 2.45) is 5.92 Å². The largest absolute Gasteiger partial charge is 0.454 e. The highest BCUT2D eigenvalue weighted by atomic mass is 35.5. The molecule has 2 aliphatic heterocycles. The van der Waals surface area contributed by atoms with Gasteiger partial charge in [0.2, 0.25) is 6.79 Å². The van der Waals surface area contributed by atoms with Gasteiger partial charge in [0.1, 0.15) is 0 Å². The van der Waals surface area contributed by atoms with Gasteiger partial charge in [-0.15, -0.1) is 0 Å². The maximum Gasteiger partial charge on any atom is 0.231 e. The molecule has 1 saturated heterocycles. The molecule has 0 bridgehead atoms. The van der Waals surface area contributed by atoms with Gasteiger partial charge in [0.25, 0.3) is 0 Å². The molecule has 0 aromatic heterocycles. The summed E-state index contributed by atoms with van der Waals surface area (Å²) in [6.45, 7) is 5.92. The topological polar surface area (TPSA) is 21.7 Å². The maximum atomic E-state index is 6.22.